The molecule has 1 aromatic heterocycles. The van der Waals surface area contributed by atoms with Gasteiger partial charge in [0.05, 0.1) is 11.7 Å². The van der Waals surface area contributed by atoms with E-state index in [-0.39, 0.29) is 18.5 Å². The number of amides is 1. The van der Waals surface area contributed by atoms with Crippen molar-refractivity contribution in [3.05, 3.63) is 77.5 Å². The van der Waals surface area contributed by atoms with Gasteiger partial charge in [0.1, 0.15) is 6.04 Å². The number of hydrogen-bond acceptors (Lipinski definition) is 3. The van der Waals surface area contributed by atoms with Crippen LogP contribution in [-0.2, 0) is 17.8 Å². The highest BCUT2D eigenvalue weighted by molar-refractivity contribution is 5.96. The van der Waals surface area contributed by atoms with E-state index in [0.717, 1.165) is 48.1 Å². The normalized spacial score (nSPS) is 18.7. The summed E-state index contributed by atoms with van der Waals surface area (Å²) in [6, 6.07) is 18.9. The molecule has 1 aliphatic heterocycles. The lowest BCUT2D eigenvalue weighted by Crippen LogP contribution is -2.48. The van der Waals surface area contributed by atoms with Crippen LogP contribution in [0.4, 0.5) is 0 Å². The molecule has 0 bridgehead atoms. The Bertz CT molecular complexity index is 1120. The lowest BCUT2D eigenvalue weighted by atomic mass is 9.93. The Morgan fingerprint density at radius 1 is 0.935 bits per heavy atom. The first-order valence-corrected chi connectivity index (χ1v) is 10.9. The Morgan fingerprint density at radius 3 is 2.32 bits per heavy atom. The van der Waals surface area contributed by atoms with E-state index >= 15 is 0 Å². The van der Waals surface area contributed by atoms with E-state index in [4.69, 9.17) is 5.10 Å². The lowest BCUT2D eigenvalue weighted by molar-refractivity contribution is -0.142. The molecular formula is C25H25N3O3. The maximum absolute atomic E-state index is 13.5. The van der Waals surface area contributed by atoms with Gasteiger partial charge in [0.2, 0.25) is 0 Å². The fraction of sp³-hybridized carbons (Fsp3) is 0.320. The molecule has 6 heteroatoms. The highest BCUT2D eigenvalue weighted by Gasteiger charge is 2.36. The number of hydrogen-bond donors (Lipinski definition) is 1. The molecule has 5 rings (SSSR count). The summed E-state index contributed by atoms with van der Waals surface area (Å²) >= 11 is 0. The van der Waals surface area contributed by atoms with Gasteiger partial charge < -0.3 is 10.0 Å². The van der Waals surface area contributed by atoms with Crippen LogP contribution < -0.4 is 0 Å². The van der Waals surface area contributed by atoms with Crippen LogP contribution in [0.2, 0.25) is 0 Å². The Hall–Kier alpha value is -3.41. The summed E-state index contributed by atoms with van der Waals surface area (Å²) in [5.41, 5.74) is 4.23. The van der Waals surface area contributed by atoms with E-state index in [9.17, 15) is 14.7 Å². The van der Waals surface area contributed by atoms with Crippen LogP contribution in [0.15, 0.2) is 60.7 Å². The van der Waals surface area contributed by atoms with Crippen LogP contribution >= 0.6 is 0 Å². The van der Waals surface area contributed by atoms with Crippen molar-refractivity contribution in [1.82, 2.24) is 14.7 Å². The van der Waals surface area contributed by atoms with Gasteiger partial charge in [0.15, 0.2) is 5.69 Å². The first kappa shape index (κ1) is 19.5. The molecule has 0 saturated heterocycles. The average Bonchev–Trinajstić information content (AvgIpc) is 3.48. The molecule has 1 amide bonds. The molecule has 2 aromatic carbocycles. The highest BCUT2D eigenvalue weighted by atomic mass is 16.4. The maximum Gasteiger partial charge on any atom is 0.326 e. The highest BCUT2D eigenvalue weighted by Crippen LogP contribution is 2.34. The van der Waals surface area contributed by atoms with E-state index in [2.05, 4.69) is 0 Å². The molecule has 31 heavy (non-hydrogen) atoms. The van der Waals surface area contributed by atoms with Crippen molar-refractivity contribution >= 4 is 11.9 Å². The number of benzene rings is 2. The van der Waals surface area contributed by atoms with Gasteiger partial charge in [-0.3, -0.25) is 9.48 Å². The molecule has 0 radical (unpaired) electrons. The fourth-order valence-corrected chi connectivity index (χ4v) is 4.85. The molecule has 1 saturated carbocycles. The number of aromatic nitrogens is 2. The van der Waals surface area contributed by atoms with Crippen LogP contribution in [0.1, 0.15) is 53.3 Å². The number of nitrogens with zero attached hydrogens (tertiary/aromatic N) is 3. The monoisotopic (exact) mass is 415 g/mol. The van der Waals surface area contributed by atoms with Crippen molar-refractivity contribution in [3.8, 4) is 11.3 Å². The first-order valence-electron chi connectivity index (χ1n) is 10.9. The van der Waals surface area contributed by atoms with Gasteiger partial charge in [-0.15, -0.1) is 0 Å². The molecule has 1 aliphatic carbocycles. The van der Waals surface area contributed by atoms with Crippen molar-refractivity contribution < 1.29 is 14.7 Å². The second-order valence-corrected chi connectivity index (χ2v) is 8.42. The van der Waals surface area contributed by atoms with Crippen molar-refractivity contribution in [1.29, 1.82) is 0 Å². The largest absolute Gasteiger partial charge is 0.480 e. The number of aliphatic carboxylic acids is 1. The quantitative estimate of drug-likeness (QED) is 0.689. The number of fused-ring (bicyclic) bond motifs is 1. The van der Waals surface area contributed by atoms with Crippen molar-refractivity contribution in [2.75, 3.05) is 0 Å². The molecule has 3 aromatic rings. The Labute approximate surface area is 181 Å². The summed E-state index contributed by atoms with van der Waals surface area (Å²) < 4.78 is 1.99. The summed E-state index contributed by atoms with van der Waals surface area (Å²) in [6.07, 6.45) is 4.72. The molecule has 6 nitrogen and oxygen atoms in total. The van der Waals surface area contributed by atoms with Crippen LogP contribution in [0.5, 0.6) is 0 Å². The smallest absolute Gasteiger partial charge is 0.326 e. The van der Waals surface area contributed by atoms with Gasteiger partial charge >= 0.3 is 5.97 Å². The average molecular weight is 415 g/mol. The zero-order valence-corrected chi connectivity index (χ0v) is 17.3. The minimum absolute atomic E-state index is 0.272. The SMILES string of the molecule is O=C(O)[C@@H]1Cc2ccccc2CN1C(=O)c1cc(-c2ccccc2)n(C2CCCC2)n1. The van der Waals surface area contributed by atoms with Crippen molar-refractivity contribution in [2.45, 2.75) is 50.7 Å². The molecular weight excluding hydrogens is 390 g/mol. The molecule has 0 unspecified atom stereocenters. The Morgan fingerprint density at radius 2 is 1.61 bits per heavy atom. The minimum atomic E-state index is -0.985. The zero-order valence-electron chi connectivity index (χ0n) is 17.3. The maximum atomic E-state index is 13.5. The fourth-order valence-electron chi connectivity index (χ4n) is 4.85. The number of carboxylic acid groups (broad SMARTS) is 1. The molecule has 158 valence electrons. The van der Waals surface area contributed by atoms with E-state index in [0.29, 0.717) is 12.1 Å². The van der Waals surface area contributed by atoms with Crippen LogP contribution in [0.3, 0.4) is 0 Å². The number of carbonyl (C=O) groups is 2. The Balaban J connectivity index is 1.53. The van der Waals surface area contributed by atoms with Gasteiger partial charge in [-0.2, -0.15) is 5.10 Å². The second kappa shape index (κ2) is 8.02. The standard InChI is InChI=1S/C25H25N3O3/c29-24(27-16-19-11-5-4-10-18(19)14-23(27)25(30)31)21-15-22(17-8-2-1-3-9-17)28(26-21)20-12-6-7-13-20/h1-5,8-11,15,20,23H,6-7,12-14,16H2,(H,30,31)/t23-/m0/s1. The van der Waals surface area contributed by atoms with Crippen LogP contribution in [0.25, 0.3) is 11.3 Å². The van der Waals surface area contributed by atoms with Crippen molar-refractivity contribution in [3.63, 3.8) is 0 Å². The van der Waals surface area contributed by atoms with Gasteiger partial charge in [-0.25, -0.2) is 4.79 Å². The number of carbonyl (C=O) groups excluding carboxylic acids is 1. The molecule has 2 aliphatic rings. The predicted molar refractivity (Wildman–Crippen MR) is 117 cm³/mol. The molecule has 2 heterocycles. The van der Waals surface area contributed by atoms with Crippen molar-refractivity contribution in [2.24, 2.45) is 0 Å². The minimum Gasteiger partial charge on any atom is -0.480 e. The molecule has 1 fully saturated rings. The topological polar surface area (TPSA) is 75.4 Å². The van der Waals surface area contributed by atoms with Gasteiger partial charge in [-0.1, -0.05) is 67.4 Å². The molecule has 1 atom stereocenters. The van der Waals surface area contributed by atoms with Gasteiger partial charge in [-0.05, 0) is 35.6 Å². The van der Waals surface area contributed by atoms with Gasteiger partial charge in [0, 0.05) is 13.0 Å². The number of carboxylic acids is 1. The summed E-state index contributed by atoms with van der Waals surface area (Å²) in [7, 11) is 0. The third kappa shape index (κ3) is 3.63. The molecule has 0 spiro atoms. The summed E-state index contributed by atoms with van der Waals surface area (Å²) in [5.74, 6) is -1.31. The second-order valence-electron chi connectivity index (χ2n) is 8.42. The zero-order chi connectivity index (χ0) is 21.4. The summed E-state index contributed by atoms with van der Waals surface area (Å²) in [4.78, 5) is 27.0. The number of rotatable bonds is 4. The Kier molecular flexibility index (Phi) is 5.06. The predicted octanol–water partition coefficient (Wildman–Crippen LogP) is 4.32. The third-order valence-electron chi connectivity index (χ3n) is 6.49. The lowest BCUT2D eigenvalue weighted by Gasteiger charge is -2.34. The van der Waals surface area contributed by atoms with Crippen LogP contribution in [-0.4, -0.2) is 37.7 Å². The van der Waals surface area contributed by atoms with E-state index < -0.39 is 12.0 Å². The molecule has 1 N–H and O–H groups in total. The summed E-state index contributed by atoms with van der Waals surface area (Å²) in [5, 5.41) is 14.5. The first-order chi connectivity index (χ1) is 15.1. The van der Waals surface area contributed by atoms with Crippen LogP contribution in [0, 0.1) is 0 Å². The third-order valence-corrected chi connectivity index (χ3v) is 6.49. The van der Waals surface area contributed by atoms with E-state index in [1.54, 1.807) is 0 Å². The summed E-state index contributed by atoms with van der Waals surface area (Å²) in [6.45, 7) is 0.281. The van der Waals surface area contributed by atoms with Gasteiger partial charge in [0.25, 0.3) is 5.91 Å². The van der Waals surface area contributed by atoms with E-state index in [1.807, 2.05) is 65.3 Å². The van der Waals surface area contributed by atoms with E-state index in [1.165, 1.54) is 4.90 Å².